The van der Waals surface area contributed by atoms with Gasteiger partial charge in [0.25, 0.3) is 0 Å². The third kappa shape index (κ3) is 1.99. The Kier molecular flexibility index (Phi) is 3.14. The summed E-state index contributed by atoms with van der Waals surface area (Å²) in [6.45, 7) is 3.55. The number of hydrogen-bond donors (Lipinski definition) is 1. The van der Waals surface area contributed by atoms with Crippen molar-refractivity contribution in [2.24, 2.45) is 0 Å². The van der Waals surface area contributed by atoms with Crippen LogP contribution in [0.5, 0.6) is 0 Å². The number of carboxylic acid groups (broad SMARTS) is 1. The van der Waals surface area contributed by atoms with E-state index in [2.05, 4.69) is 5.16 Å². The number of aromatic nitrogens is 1. The number of aromatic carboxylic acids is 1. The zero-order chi connectivity index (χ0) is 13.3. The molecule has 0 saturated carbocycles. The summed E-state index contributed by atoms with van der Waals surface area (Å²) >= 11 is 0. The molecule has 0 fully saturated rings. The van der Waals surface area contributed by atoms with Gasteiger partial charge in [0.15, 0.2) is 5.76 Å². The first-order valence-corrected chi connectivity index (χ1v) is 5.53. The van der Waals surface area contributed by atoms with Crippen LogP contribution in [-0.2, 0) is 6.42 Å². The monoisotopic (exact) mass is 249 g/mol. The van der Waals surface area contributed by atoms with Gasteiger partial charge in [-0.1, -0.05) is 23.7 Å². The van der Waals surface area contributed by atoms with Gasteiger partial charge in [-0.2, -0.15) is 0 Å². The average Bonchev–Trinajstić information content (AvgIpc) is 2.75. The fourth-order valence-electron chi connectivity index (χ4n) is 1.79. The Morgan fingerprint density at radius 3 is 2.83 bits per heavy atom. The number of carboxylic acids is 1. The van der Waals surface area contributed by atoms with E-state index in [1.54, 1.807) is 26.0 Å². The summed E-state index contributed by atoms with van der Waals surface area (Å²) in [7, 11) is 0. The van der Waals surface area contributed by atoms with Crippen molar-refractivity contribution in [2.45, 2.75) is 20.3 Å². The molecule has 5 heteroatoms. The maximum Gasteiger partial charge on any atom is 0.341 e. The maximum atomic E-state index is 13.7. The molecular formula is C13H12FNO3. The molecule has 0 spiro atoms. The Bertz CT molecular complexity index is 604. The summed E-state index contributed by atoms with van der Waals surface area (Å²) < 4.78 is 18.7. The second-order valence-electron chi connectivity index (χ2n) is 3.97. The van der Waals surface area contributed by atoms with Crippen molar-refractivity contribution in [3.63, 3.8) is 0 Å². The van der Waals surface area contributed by atoms with Crippen molar-refractivity contribution >= 4 is 5.97 Å². The molecule has 0 aliphatic carbocycles. The van der Waals surface area contributed by atoms with Gasteiger partial charge in [-0.25, -0.2) is 9.18 Å². The molecule has 0 bridgehead atoms. The minimum Gasteiger partial charge on any atom is -0.477 e. The number of nitrogens with zero attached hydrogens (tertiary/aromatic N) is 1. The number of halogens is 1. The number of hydrogen-bond acceptors (Lipinski definition) is 3. The van der Waals surface area contributed by atoms with E-state index in [0.29, 0.717) is 6.42 Å². The van der Waals surface area contributed by atoms with Crippen molar-refractivity contribution in [3.05, 3.63) is 40.9 Å². The molecule has 1 heterocycles. The summed E-state index contributed by atoms with van der Waals surface area (Å²) in [6, 6.07) is 4.45. The van der Waals surface area contributed by atoms with Gasteiger partial charge in [0.1, 0.15) is 17.1 Å². The normalized spacial score (nSPS) is 10.6. The molecular weight excluding hydrogens is 237 g/mol. The smallest absolute Gasteiger partial charge is 0.341 e. The summed E-state index contributed by atoms with van der Waals surface area (Å²) in [4.78, 5) is 11.2. The van der Waals surface area contributed by atoms with Crippen LogP contribution in [-0.4, -0.2) is 16.2 Å². The zero-order valence-electron chi connectivity index (χ0n) is 10.0. The second kappa shape index (κ2) is 4.60. The van der Waals surface area contributed by atoms with Crippen LogP contribution in [0.15, 0.2) is 22.7 Å². The molecule has 2 aromatic rings. The number of carbonyl (C=O) groups is 1. The van der Waals surface area contributed by atoms with Crippen LogP contribution in [0.1, 0.15) is 28.6 Å². The summed E-state index contributed by atoms with van der Waals surface area (Å²) in [5.41, 5.74) is 0.946. The van der Waals surface area contributed by atoms with Crippen molar-refractivity contribution in [1.82, 2.24) is 5.16 Å². The topological polar surface area (TPSA) is 63.3 Å². The molecule has 0 saturated heterocycles. The molecule has 2 rings (SSSR count). The van der Waals surface area contributed by atoms with Gasteiger partial charge in [0.2, 0.25) is 0 Å². The lowest BCUT2D eigenvalue weighted by Gasteiger charge is -2.02. The third-order valence-electron chi connectivity index (χ3n) is 2.67. The quantitative estimate of drug-likeness (QED) is 0.908. The molecule has 0 unspecified atom stereocenters. The number of benzene rings is 1. The lowest BCUT2D eigenvalue weighted by atomic mass is 10.0. The van der Waals surface area contributed by atoms with Crippen molar-refractivity contribution in [2.75, 3.05) is 0 Å². The largest absolute Gasteiger partial charge is 0.477 e. The molecule has 0 amide bonds. The lowest BCUT2D eigenvalue weighted by molar-refractivity contribution is 0.0695. The fraction of sp³-hybridized carbons (Fsp3) is 0.231. The number of aryl methyl sites for hydroxylation is 2. The predicted molar refractivity (Wildman–Crippen MR) is 63.0 cm³/mol. The van der Waals surface area contributed by atoms with E-state index in [9.17, 15) is 9.18 Å². The highest BCUT2D eigenvalue weighted by Crippen LogP contribution is 2.28. The summed E-state index contributed by atoms with van der Waals surface area (Å²) in [5.74, 6) is -1.43. The first-order chi connectivity index (χ1) is 8.54. The highest BCUT2D eigenvalue weighted by molar-refractivity contribution is 5.95. The van der Waals surface area contributed by atoms with Crippen LogP contribution >= 0.6 is 0 Å². The van der Waals surface area contributed by atoms with Crippen LogP contribution in [0.4, 0.5) is 4.39 Å². The van der Waals surface area contributed by atoms with Crippen LogP contribution in [0.3, 0.4) is 0 Å². The Morgan fingerprint density at radius 2 is 2.22 bits per heavy atom. The minimum absolute atomic E-state index is 0.0422. The van der Waals surface area contributed by atoms with E-state index in [4.69, 9.17) is 9.63 Å². The summed E-state index contributed by atoms with van der Waals surface area (Å²) in [5, 5.41) is 12.9. The van der Waals surface area contributed by atoms with Gasteiger partial charge in [0, 0.05) is 12.0 Å². The first kappa shape index (κ1) is 12.3. The molecule has 1 aromatic carbocycles. The lowest BCUT2D eigenvalue weighted by Crippen LogP contribution is -2.01. The molecule has 1 N–H and O–H groups in total. The predicted octanol–water partition coefficient (Wildman–Crippen LogP) is 3.05. The second-order valence-corrected chi connectivity index (χ2v) is 3.97. The van der Waals surface area contributed by atoms with Gasteiger partial charge in [-0.05, 0) is 19.1 Å². The van der Waals surface area contributed by atoms with Crippen molar-refractivity contribution in [3.8, 4) is 11.3 Å². The summed E-state index contributed by atoms with van der Waals surface area (Å²) in [6.07, 6.45) is 0.391. The molecule has 18 heavy (non-hydrogen) atoms. The fourth-order valence-corrected chi connectivity index (χ4v) is 1.79. The molecule has 1 aromatic heterocycles. The van der Waals surface area contributed by atoms with Crippen LogP contribution in [0.2, 0.25) is 0 Å². The minimum atomic E-state index is -1.16. The van der Waals surface area contributed by atoms with Crippen LogP contribution < -0.4 is 0 Å². The van der Waals surface area contributed by atoms with Crippen molar-refractivity contribution < 1.29 is 18.8 Å². The van der Waals surface area contributed by atoms with E-state index in [-0.39, 0.29) is 22.6 Å². The molecule has 4 nitrogen and oxygen atoms in total. The Morgan fingerprint density at radius 1 is 1.50 bits per heavy atom. The zero-order valence-corrected chi connectivity index (χ0v) is 10.0. The van der Waals surface area contributed by atoms with E-state index in [0.717, 1.165) is 5.56 Å². The van der Waals surface area contributed by atoms with E-state index in [1.807, 2.05) is 0 Å². The maximum absolute atomic E-state index is 13.7. The highest BCUT2D eigenvalue weighted by Gasteiger charge is 2.24. The Balaban J connectivity index is 2.67. The standard InChI is InChI=1S/C13H12FNO3/c1-3-10-11(13(16)17)12(15-18-10)8-6-7(2)4-5-9(8)14/h4-6H,3H2,1-2H3,(H,16,17). The van der Waals surface area contributed by atoms with E-state index < -0.39 is 11.8 Å². The van der Waals surface area contributed by atoms with Gasteiger partial charge in [-0.3, -0.25) is 0 Å². The molecule has 94 valence electrons. The molecule has 0 aliphatic heterocycles. The highest BCUT2D eigenvalue weighted by atomic mass is 19.1. The van der Waals surface area contributed by atoms with Gasteiger partial charge in [0.05, 0.1) is 0 Å². The SMILES string of the molecule is CCc1onc(-c2cc(C)ccc2F)c1C(=O)O. The Labute approximate surface area is 103 Å². The van der Waals surface area contributed by atoms with Gasteiger partial charge < -0.3 is 9.63 Å². The van der Waals surface area contributed by atoms with Gasteiger partial charge >= 0.3 is 5.97 Å². The van der Waals surface area contributed by atoms with Crippen molar-refractivity contribution in [1.29, 1.82) is 0 Å². The van der Waals surface area contributed by atoms with Gasteiger partial charge in [-0.15, -0.1) is 0 Å². The Hall–Kier alpha value is -2.17. The first-order valence-electron chi connectivity index (χ1n) is 5.53. The molecule has 0 atom stereocenters. The molecule has 0 radical (unpaired) electrons. The van der Waals surface area contributed by atoms with E-state index in [1.165, 1.54) is 6.07 Å². The van der Waals surface area contributed by atoms with Crippen LogP contribution in [0, 0.1) is 12.7 Å². The number of rotatable bonds is 3. The average molecular weight is 249 g/mol. The molecule has 0 aliphatic rings. The third-order valence-corrected chi connectivity index (χ3v) is 2.67. The van der Waals surface area contributed by atoms with E-state index >= 15 is 0 Å². The van der Waals surface area contributed by atoms with Crippen LogP contribution in [0.25, 0.3) is 11.3 Å².